The van der Waals surface area contributed by atoms with Gasteiger partial charge >= 0.3 is 0 Å². The molecule has 1 atom stereocenters. The lowest BCUT2D eigenvalue weighted by molar-refractivity contribution is 0.550. The molecule has 0 saturated heterocycles. The van der Waals surface area contributed by atoms with Gasteiger partial charge in [-0.3, -0.25) is 0 Å². The SMILES string of the molecule is CCC(NS(=O)(=O)c1ccc(Cl)nc1)c1ccccc1. The Balaban J connectivity index is 2.24. The zero-order chi connectivity index (χ0) is 14.6. The predicted molar refractivity (Wildman–Crippen MR) is 79.0 cm³/mol. The summed E-state index contributed by atoms with van der Waals surface area (Å²) >= 11 is 5.66. The van der Waals surface area contributed by atoms with Crippen LogP contribution in [-0.2, 0) is 10.0 Å². The monoisotopic (exact) mass is 310 g/mol. The van der Waals surface area contributed by atoms with Crippen molar-refractivity contribution in [3.63, 3.8) is 0 Å². The predicted octanol–water partition coefficient (Wildman–Crippen LogP) is 3.16. The van der Waals surface area contributed by atoms with Gasteiger partial charge in [0.15, 0.2) is 0 Å². The van der Waals surface area contributed by atoms with Gasteiger partial charge in [0, 0.05) is 12.2 Å². The molecule has 2 rings (SSSR count). The van der Waals surface area contributed by atoms with Crippen LogP contribution in [0, 0.1) is 0 Å². The van der Waals surface area contributed by atoms with Crippen LogP contribution in [-0.4, -0.2) is 13.4 Å². The summed E-state index contributed by atoms with van der Waals surface area (Å²) in [6.45, 7) is 1.93. The van der Waals surface area contributed by atoms with Crippen molar-refractivity contribution in [3.05, 3.63) is 59.4 Å². The average Bonchev–Trinajstić information content (AvgIpc) is 2.46. The number of rotatable bonds is 5. The molecule has 0 spiro atoms. The molecule has 2 aromatic rings. The second-order valence-electron chi connectivity index (χ2n) is 4.31. The minimum Gasteiger partial charge on any atom is -0.243 e. The van der Waals surface area contributed by atoms with E-state index in [2.05, 4.69) is 9.71 Å². The van der Waals surface area contributed by atoms with E-state index in [0.29, 0.717) is 6.42 Å². The molecule has 0 saturated carbocycles. The second kappa shape index (κ2) is 6.35. The molecule has 0 amide bonds. The number of nitrogens with one attached hydrogen (secondary N) is 1. The Kier molecular flexibility index (Phi) is 4.75. The van der Waals surface area contributed by atoms with Gasteiger partial charge in [0.1, 0.15) is 10.0 Å². The van der Waals surface area contributed by atoms with Crippen LogP contribution in [0.5, 0.6) is 0 Å². The number of hydrogen-bond donors (Lipinski definition) is 1. The van der Waals surface area contributed by atoms with Crippen LogP contribution >= 0.6 is 11.6 Å². The Morgan fingerprint density at radius 2 is 1.90 bits per heavy atom. The van der Waals surface area contributed by atoms with Crippen molar-refractivity contribution >= 4 is 21.6 Å². The van der Waals surface area contributed by atoms with Gasteiger partial charge in [-0.15, -0.1) is 0 Å². The molecule has 6 heteroatoms. The van der Waals surface area contributed by atoms with E-state index >= 15 is 0 Å². The Morgan fingerprint density at radius 3 is 2.45 bits per heavy atom. The van der Waals surface area contributed by atoms with Gasteiger partial charge in [-0.25, -0.2) is 18.1 Å². The van der Waals surface area contributed by atoms with E-state index in [1.807, 2.05) is 37.3 Å². The van der Waals surface area contributed by atoms with E-state index in [-0.39, 0.29) is 16.1 Å². The molecule has 0 fully saturated rings. The highest BCUT2D eigenvalue weighted by atomic mass is 35.5. The molecule has 20 heavy (non-hydrogen) atoms. The third-order valence-electron chi connectivity index (χ3n) is 2.92. The van der Waals surface area contributed by atoms with Crippen molar-refractivity contribution in [2.24, 2.45) is 0 Å². The molecule has 1 aromatic heterocycles. The van der Waals surface area contributed by atoms with Crippen LogP contribution in [0.2, 0.25) is 5.15 Å². The number of nitrogens with zero attached hydrogens (tertiary/aromatic N) is 1. The largest absolute Gasteiger partial charge is 0.243 e. The highest BCUT2D eigenvalue weighted by molar-refractivity contribution is 7.89. The number of hydrogen-bond acceptors (Lipinski definition) is 3. The van der Waals surface area contributed by atoms with Crippen LogP contribution in [0.4, 0.5) is 0 Å². The molecule has 0 bridgehead atoms. The quantitative estimate of drug-likeness (QED) is 0.863. The summed E-state index contributed by atoms with van der Waals surface area (Å²) in [5, 5.41) is 0.263. The standard InChI is InChI=1S/C14H15ClN2O2S/c1-2-13(11-6-4-3-5-7-11)17-20(18,19)12-8-9-14(15)16-10-12/h3-10,13,17H,2H2,1H3. The third kappa shape index (κ3) is 3.56. The minimum atomic E-state index is -3.61. The first-order valence-electron chi connectivity index (χ1n) is 6.22. The van der Waals surface area contributed by atoms with E-state index in [0.717, 1.165) is 5.56 Å². The van der Waals surface area contributed by atoms with Gasteiger partial charge in [-0.2, -0.15) is 0 Å². The van der Waals surface area contributed by atoms with Crippen LogP contribution in [0.1, 0.15) is 24.9 Å². The van der Waals surface area contributed by atoms with Gasteiger partial charge in [0.05, 0.1) is 0 Å². The maximum Gasteiger partial charge on any atom is 0.242 e. The molecule has 4 nitrogen and oxygen atoms in total. The lowest BCUT2D eigenvalue weighted by Gasteiger charge is -2.17. The Labute approximate surface area is 123 Å². The van der Waals surface area contributed by atoms with Crippen LogP contribution < -0.4 is 4.72 Å². The van der Waals surface area contributed by atoms with E-state index in [4.69, 9.17) is 11.6 Å². The molecule has 0 aliphatic heterocycles. The molecule has 1 heterocycles. The summed E-state index contributed by atoms with van der Waals surface area (Å²) in [5.41, 5.74) is 0.931. The number of halogens is 1. The van der Waals surface area contributed by atoms with Gasteiger partial charge in [0.25, 0.3) is 0 Å². The maximum absolute atomic E-state index is 12.3. The van der Waals surface area contributed by atoms with E-state index in [1.165, 1.54) is 18.3 Å². The highest BCUT2D eigenvalue weighted by Gasteiger charge is 2.20. The van der Waals surface area contributed by atoms with Gasteiger partial charge in [-0.05, 0) is 24.1 Å². The normalized spacial score (nSPS) is 13.1. The summed E-state index contributed by atoms with van der Waals surface area (Å²) < 4.78 is 27.3. The van der Waals surface area contributed by atoms with Gasteiger partial charge in [-0.1, -0.05) is 48.9 Å². The van der Waals surface area contributed by atoms with E-state index in [9.17, 15) is 8.42 Å². The Bertz CT molecular complexity index is 657. The summed E-state index contributed by atoms with van der Waals surface area (Å²) in [6, 6.07) is 12.1. The molecule has 0 aliphatic carbocycles. The van der Waals surface area contributed by atoms with Crippen molar-refractivity contribution in [2.75, 3.05) is 0 Å². The molecule has 1 unspecified atom stereocenters. The first-order valence-corrected chi connectivity index (χ1v) is 8.08. The summed E-state index contributed by atoms with van der Waals surface area (Å²) in [7, 11) is -3.61. The summed E-state index contributed by atoms with van der Waals surface area (Å²) in [6.07, 6.45) is 1.91. The van der Waals surface area contributed by atoms with Gasteiger partial charge in [0.2, 0.25) is 10.0 Å². The number of sulfonamides is 1. The van der Waals surface area contributed by atoms with E-state index < -0.39 is 10.0 Å². The van der Waals surface area contributed by atoms with Crippen molar-refractivity contribution in [3.8, 4) is 0 Å². The van der Waals surface area contributed by atoms with Crippen LogP contribution in [0.15, 0.2) is 53.6 Å². The molecule has 1 N–H and O–H groups in total. The van der Waals surface area contributed by atoms with E-state index in [1.54, 1.807) is 0 Å². The minimum absolute atomic E-state index is 0.108. The smallest absolute Gasteiger partial charge is 0.242 e. The molecular formula is C14H15ClN2O2S. The fourth-order valence-electron chi connectivity index (χ4n) is 1.85. The van der Waals surface area contributed by atoms with Crippen molar-refractivity contribution in [1.82, 2.24) is 9.71 Å². The lowest BCUT2D eigenvalue weighted by atomic mass is 10.1. The molecular weight excluding hydrogens is 296 g/mol. The van der Waals surface area contributed by atoms with Crippen molar-refractivity contribution in [1.29, 1.82) is 0 Å². The zero-order valence-corrected chi connectivity index (χ0v) is 12.5. The first kappa shape index (κ1) is 15.0. The highest BCUT2D eigenvalue weighted by Crippen LogP contribution is 2.20. The Morgan fingerprint density at radius 1 is 1.20 bits per heavy atom. The summed E-state index contributed by atoms with van der Waals surface area (Å²) in [4.78, 5) is 3.91. The summed E-state index contributed by atoms with van der Waals surface area (Å²) in [5.74, 6) is 0. The fraction of sp³-hybridized carbons (Fsp3) is 0.214. The molecule has 0 aliphatic rings. The first-order chi connectivity index (χ1) is 9.53. The number of aromatic nitrogens is 1. The van der Waals surface area contributed by atoms with Crippen molar-refractivity contribution < 1.29 is 8.42 Å². The Hall–Kier alpha value is -1.43. The third-order valence-corrected chi connectivity index (χ3v) is 4.60. The van der Waals surface area contributed by atoms with Gasteiger partial charge < -0.3 is 0 Å². The number of pyridine rings is 1. The zero-order valence-electron chi connectivity index (χ0n) is 11.0. The average molecular weight is 311 g/mol. The topological polar surface area (TPSA) is 59.1 Å². The van der Waals surface area contributed by atoms with Crippen molar-refractivity contribution in [2.45, 2.75) is 24.3 Å². The maximum atomic E-state index is 12.3. The molecule has 1 aromatic carbocycles. The lowest BCUT2D eigenvalue weighted by Crippen LogP contribution is -2.28. The molecule has 106 valence electrons. The molecule has 0 radical (unpaired) electrons. The second-order valence-corrected chi connectivity index (χ2v) is 6.41. The van der Waals surface area contributed by atoms with Crippen LogP contribution in [0.3, 0.4) is 0 Å². The van der Waals surface area contributed by atoms with Crippen LogP contribution in [0.25, 0.3) is 0 Å². The number of benzene rings is 1. The fourth-order valence-corrected chi connectivity index (χ4v) is 3.21.